The van der Waals surface area contributed by atoms with Crippen LogP contribution in [0.15, 0.2) is 18.2 Å². The van der Waals surface area contributed by atoms with Gasteiger partial charge in [-0.25, -0.2) is 0 Å². The number of anilines is 1. The Morgan fingerprint density at radius 3 is 2.82 bits per heavy atom. The Kier molecular flexibility index (Phi) is 2.42. The molecule has 1 aromatic carbocycles. The van der Waals surface area contributed by atoms with E-state index in [0.29, 0.717) is 18.4 Å². The van der Waals surface area contributed by atoms with Crippen molar-refractivity contribution in [1.82, 2.24) is 0 Å². The molecule has 4 nitrogen and oxygen atoms in total. The maximum atomic E-state index is 11.3. The molecule has 17 heavy (non-hydrogen) atoms. The summed E-state index contributed by atoms with van der Waals surface area (Å²) < 4.78 is 0. The summed E-state index contributed by atoms with van der Waals surface area (Å²) in [5.41, 5.74) is 15.1. The van der Waals surface area contributed by atoms with Gasteiger partial charge in [0.15, 0.2) is 0 Å². The van der Waals surface area contributed by atoms with Gasteiger partial charge in [0.2, 0.25) is 5.91 Å². The number of rotatable bonds is 2. The van der Waals surface area contributed by atoms with Gasteiger partial charge in [0.25, 0.3) is 0 Å². The van der Waals surface area contributed by atoms with Gasteiger partial charge in [-0.1, -0.05) is 12.1 Å². The molecule has 2 aliphatic rings. The van der Waals surface area contributed by atoms with Crippen LogP contribution in [0.5, 0.6) is 0 Å². The fraction of sp³-hybridized carbons (Fsp3) is 0.462. The average Bonchev–Trinajstić information content (AvgIpc) is 2.62. The minimum absolute atomic E-state index is 0.0517. The average molecular weight is 231 g/mol. The Hall–Kier alpha value is -1.39. The Morgan fingerprint density at radius 1 is 1.35 bits per heavy atom. The first kappa shape index (κ1) is 10.7. The lowest BCUT2D eigenvalue weighted by atomic mass is 9.74. The maximum absolute atomic E-state index is 11.3. The summed E-state index contributed by atoms with van der Waals surface area (Å²) in [5, 5.41) is 2.83. The van der Waals surface area contributed by atoms with Gasteiger partial charge >= 0.3 is 0 Å². The van der Waals surface area contributed by atoms with Gasteiger partial charge in [-0.2, -0.15) is 0 Å². The monoisotopic (exact) mass is 231 g/mol. The molecule has 3 rings (SSSR count). The molecule has 1 unspecified atom stereocenters. The van der Waals surface area contributed by atoms with Gasteiger partial charge in [-0.15, -0.1) is 0 Å². The van der Waals surface area contributed by atoms with Crippen molar-refractivity contribution >= 4 is 11.6 Å². The predicted octanol–water partition coefficient (Wildman–Crippen LogP) is 0.918. The molecular weight excluding hydrogens is 214 g/mol. The van der Waals surface area contributed by atoms with E-state index >= 15 is 0 Å². The zero-order valence-electron chi connectivity index (χ0n) is 9.65. The number of hydrogen-bond donors (Lipinski definition) is 3. The normalized spacial score (nSPS) is 28.2. The molecule has 1 fully saturated rings. The Morgan fingerprint density at radius 2 is 2.12 bits per heavy atom. The van der Waals surface area contributed by atoms with Gasteiger partial charge in [-0.3, -0.25) is 4.79 Å². The molecule has 1 aliphatic carbocycles. The second-order valence-electron chi connectivity index (χ2n) is 5.16. The minimum atomic E-state index is 0.0517. The highest BCUT2D eigenvalue weighted by Gasteiger charge is 2.32. The first-order valence-corrected chi connectivity index (χ1v) is 6.07. The van der Waals surface area contributed by atoms with Crippen LogP contribution in [-0.2, 0) is 11.2 Å². The Balaban J connectivity index is 1.80. The molecule has 90 valence electrons. The van der Waals surface area contributed by atoms with Gasteiger partial charge in [0, 0.05) is 17.8 Å². The molecule has 0 radical (unpaired) electrons. The molecule has 5 N–H and O–H groups in total. The number of carbonyl (C=O) groups excluding carboxylic acids is 1. The molecule has 1 heterocycles. The smallest absolute Gasteiger partial charge is 0.228 e. The fourth-order valence-electron chi connectivity index (χ4n) is 2.73. The van der Waals surface area contributed by atoms with Crippen molar-refractivity contribution < 1.29 is 4.79 Å². The van der Waals surface area contributed by atoms with E-state index in [2.05, 4.69) is 11.4 Å². The molecule has 4 heteroatoms. The van der Waals surface area contributed by atoms with Crippen molar-refractivity contribution in [1.29, 1.82) is 0 Å². The summed E-state index contributed by atoms with van der Waals surface area (Å²) in [6.45, 7) is 0. The van der Waals surface area contributed by atoms with Crippen LogP contribution < -0.4 is 16.8 Å². The fourth-order valence-corrected chi connectivity index (χ4v) is 2.73. The summed E-state index contributed by atoms with van der Waals surface area (Å²) in [5.74, 6) is 0.560. The van der Waals surface area contributed by atoms with Crippen LogP contribution in [0.1, 0.15) is 30.0 Å². The highest BCUT2D eigenvalue weighted by atomic mass is 16.1. The Labute approximate surface area is 100 Å². The van der Waals surface area contributed by atoms with E-state index in [1.807, 2.05) is 12.1 Å². The zero-order valence-corrected chi connectivity index (χ0v) is 9.65. The molecule has 0 saturated heterocycles. The van der Waals surface area contributed by atoms with Crippen LogP contribution in [0.2, 0.25) is 0 Å². The van der Waals surface area contributed by atoms with E-state index in [-0.39, 0.29) is 11.9 Å². The van der Waals surface area contributed by atoms with E-state index in [9.17, 15) is 4.79 Å². The number of fused-ring (bicyclic) bond motifs is 1. The van der Waals surface area contributed by atoms with Crippen LogP contribution in [0.3, 0.4) is 0 Å². The van der Waals surface area contributed by atoms with E-state index in [4.69, 9.17) is 11.5 Å². The maximum Gasteiger partial charge on any atom is 0.228 e. The van der Waals surface area contributed by atoms with Crippen molar-refractivity contribution in [3.8, 4) is 0 Å². The van der Waals surface area contributed by atoms with E-state index in [0.717, 1.165) is 29.7 Å². The zero-order chi connectivity index (χ0) is 12.0. The molecule has 0 bridgehead atoms. The summed E-state index contributed by atoms with van der Waals surface area (Å²) in [6.07, 6.45) is 2.49. The molecule has 0 aromatic heterocycles. The lowest BCUT2D eigenvalue weighted by Crippen LogP contribution is -2.41. The number of amides is 1. The standard InChI is InChI=1S/C13H17N3O/c14-10-4-9(5-10)13(15)7-1-2-11-8(3-7)6-12(17)16-11/h1-3,9-10,13H,4-6,14-15H2,(H,16,17). The van der Waals surface area contributed by atoms with Gasteiger partial charge in [0.1, 0.15) is 0 Å². The quantitative estimate of drug-likeness (QED) is 0.708. The highest BCUT2D eigenvalue weighted by Crippen LogP contribution is 2.37. The second kappa shape index (κ2) is 3.82. The SMILES string of the molecule is NC1CC(C(N)c2ccc3c(c2)CC(=O)N3)C1. The second-order valence-corrected chi connectivity index (χ2v) is 5.16. The van der Waals surface area contributed by atoms with Gasteiger partial charge in [-0.05, 0) is 36.0 Å². The molecule has 0 spiro atoms. The van der Waals surface area contributed by atoms with Gasteiger partial charge < -0.3 is 16.8 Å². The molecule has 1 aromatic rings. The molecule has 1 amide bonds. The van der Waals surface area contributed by atoms with Crippen LogP contribution >= 0.6 is 0 Å². The molecule has 1 saturated carbocycles. The first-order valence-electron chi connectivity index (χ1n) is 6.07. The summed E-state index contributed by atoms with van der Waals surface area (Å²) in [4.78, 5) is 11.3. The van der Waals surface area contributed by atoms with Crippen molar-refractivity contribution in [3.63, 3.8) is 0 Å². The van der Waals surface area contributed by atoms with Crippen molar-refractivity contribution in [2.45, 2.75) is 31.3 Å². The molecule has 1 aliphatic heterocycles. The first-order chi connectivity index (χ1) is 8.13. The topological polar surface area (TPSA) is 81.1 Å². The number of nitrogens with two attached hydrogens (primary N) is 2. The summed E-state index contributed by atoms with van der Waals surface area (Å²) >= 11 is 0. The third-order valence-electron chi connectivity index (χ3n) is 3.86. The number of benzene rings is 1. The minimum Gasteiger partial charge on any atom is -0.328 e. The van der Waals surface area contributed by atoms with E-state index < -0.39 is 0 Å². The lowest BCUT2D eigenvalue weighted by Gasteiger charge is -2.37. The van der Waals surface area contributed by atoms with E-state index in [1.165, 1.54) is 0 Å². The number of nitrogens with one attached hydrogen (secondary N) is 1. The van der Waals surface area contributed by atoms with Crippen LogP contribution in [0, 0.1) is 5.92 Å². The molecule has 1 atom stereocenters. The van der Waals surface area contributed by atoms with Crippen molar-refractivity contribution in [3.05, 3.63) is 29.3 Å². The number of carbonyl (C=O) groups is 1. The molecular formula is C13H17N3O. The Bertz CT molecular complexity index is 466. The van der Waals surface area contributed by atoms with E-state index in [1.54, 1.807) is 0 Å². The number of hydrogen-bond acceptors (Lipinski definition) is 3. The highest BCUT2D eigenvalue weighted by molar-refractivity contribution is 5.99. The van der Waals surface area contributed by atoms with Crippen LogP contribution in [0.25, 0.3) is 0 Å². The largest absolute Gasteiger partial charge is 0.328 e. The third-order valence-corrected chi connectivity index (χ3v) is 3.86. The predicted molar refractivity (Wildman–Crippen MR) is 66.4 cm³/mol. The lowest BCUT2D eigenvalue weighted by molar-refractivity contribution is -0.115. The van der Waals surface area contributed by atoms with Gasteiger partial charge in [0.05, 0.1) is 6.42 Å². The van der Waals surface area contributed by atoms with Crippen molar-refractivity contribution in [2.24, 2.45) is 17.4 Å². The van der Waals surface area contributed by atoms with Crippen molar-refractivity contribution in [2.75, 3.05) is 5.32 Å². The summed E-state index contributed by atoms with van der Waals surface area (Å²) in [6, 6.07) is 6.40. The summed E-state index contributed by atoms with van der Waals surface area (Å²) in [7, 11) is 0. The van der Waals surface area contributed by atoms with Crippen LogP contribution in [0.4, 0.5) is 5.69 Å². The third kappa shape index (κ3) is 1.83. The van der Waals surface area contributed by atoms with Crippen LogP contribution in [-0.4, -0.2) is 11.9 Å².